The number of benzene rings is 3. The van der Waals surface area contributed by atoms with Crippen molar-refractivity contribution in [3.8, 4) is 5.75 Å². The van der Waals surface area contributed by atoms with Gasteiger partial charge >= 0.3 is 0 Å². The average Bonchev–Trinajstić information content (AvgIpc) is 3.44. The molecule has 0 saturated heterocycles. The Balaban J connectivity index is 1.65. The number of carbonyl (C=O) groups excluding carboxylic acids is 2. The third-order valence-corrected chi connectivity index (χ3v) is 7.81. The van der Waals surface area contributed by atoms with Gasteiger partial charge in [0.25, 0.3) is 5.91 Å². The minimum atomic E-state index is -0.740. The van der Waals surface area contributed by atoms with Crippen LogP contribution in [-0.4, -0.2) is 35.4 Å². The van der Waals surface area contributed by atoms with Gasteiger partial charge in [0.2, 0.25) is 5.91 Å². The van der Waals surface area contributed by atoms with Gasteiger partial charge in [0.05, 0.1) is 0 Å². The molecule has 3 aromatic carbocycles. The Morgan fingerprint density at radius 2 is 1.67 bits per heavy atom. The maximum Gasteiger partial charge on any atom is 0.261 e. The van der Waals surface area contributed by atoms with Crippen LogP contribution in [0, 0.1) is 0 Å². The predicted octanol–water partition coefficient (Wildman–Crippen LogP) is 7.19. The number of hydrogen-bond acceptors (Lipinski definition) is 3. The highest BCUT2D eigenvalue weighted by atomic mass is 35.5. The second-order valence-corrected chi connectivity index (χ2v) is 11.3. The first-order valence-corrected chi connectivity index (χ1v) is 14.4. The predicted molar refractivity (Wildman–Crippen MR) is 157 cm³/mol. The molecule has 2 amide bonds. The molecule has 4 rings (SSSR count). The summed E-state index contributed by atoms with van der Waals surface area (Å²) in [5.74, 6) is 0.456. The molecule has 1 saturated carbocycles. The summed E-state index contributed by atoms with van der Waals surface area (Å²) in [6.07, 6.45) is 4.48. The molecular formula is C32H36Cl2N2O3. The van der Waals surface area contributed by atoms with E-state index in [-0.39, 0.29) is 36.9 Å². The van der Waals surface area contributed by atoms with E-state index in [2.05, 4.69) is 19.2 Å². The van der Waals surface area contributed by atoms with Gasteiger partial charge in [-0.2, -0.15) is 0 Å². The van der Waals surface area contributed by atoms with Gasteiger partial charge in [0.15, 0.2) is 6.61 Å². The minimum Gasteiger partial charge on any atom is -0.483 e. The molecule has 39 heavy (non-hydrogen) atoms. The maximum atomic E-state index is 13.9. The third kappa shape index (κ3) is 8.00. The van der Waals surface area contributed by atoms with Crippen LogP contribution in [0.3, 0.4) is 0 Å². The highest BCUT2D eigenvalue weighted by molar-refractivity contribution is 6.35. The van der Waals surface area contributed by atoms with Crippen molar-refractivity contribution in [3.05, 3.63) is 99.5 Å². The minimum absolute atomic E-state index is 0.126. The summed E-state index contributed by atoms with van der Waals surface area (Å²) < 4.78 is 6.06. The number of rotatable bonds is 11. The van der Waals surface area contributed by atoms with E-state index in [0.717, 1.165) is 36.8 Å². The number of para-hydroxylation sites is 1. The Hall–Kier alpha value is -3.02. The van der Waals surface area contributed by atoms with Crippen molar-refractivity contribution in [1.29, 1.82) is 0 Å². The summed E-state index contributed by atoms with van der Waals surface area (Å²) in [6.45, 7) is 4.13. The molecular weight excluding hydrogens is 531 g/mol. The van der Waals surface area contributed by atoms with Crippen LogP contribution in [0.5, 0.6) is 5.75 Å². The number of halogens is 2. The Bertz CT molecular complexity index is 1260. The van der Waals surface area contributed by atoms with Crippen LogP contribution in [0.2, 0.25) is 10.0 Å². The first-order chi connectivity index (χ1) is 18.8. The summed E-state index contributed by atoms with van der Waals surface area (Å²) in [6, 6.07) is 22.1. The smallest absolute Gasteiger partial charge is 0.261 e. The highest BCUT2D eigenvalue weighted by Gasteiger charge is 2.33. The van der Waals surface area contributed by atoms with E-state index in [4.69, 9.17) is 27.9 Å². The molecule has 3 aromatic rings. The van der Waals surface area contributed by atoms with Gasteiger partial charge in [-0.1, -0.05) is 104 Å². The summed E-state index contributed by atoms with van der Waals surface area (Å²) in [7, 11) is 0. The zero-order valence-corrected chi connectivity index (χ0v) is 24.0. The number of amides is 2. The van der Waals surface area contributed by atoms with Crippen LogP contribution in [0.1, 0.15) is 62.1 Å². The van der Waals surface area contributed by atoms with Gasteiger partial charge in [-0.05, 0) is 53.6 Å². The quantitative estimate of drug-likeness (QED) is 0.267. The molecule has 1 unspecified atom stereocenters. The SMILES string of the molecule is CC(C)c1ccccc1OCC(=O)N(Cc1ccc(Cl)cc1Cl)C(Cc1ccccc1)C(=O)NC1CCCC1. The van der Waals surface area contributed by atoms with Gasteiger partial charge in [0.1, 0.15) is 11.8 Å². The first-order valence-electron chi connectivity index (χ1n) is 13.6. The molecule has 0 bridgehead atoms. The fourth-order valence-corrected chi connectivity index (χ4v) is 5.53. The molecule has 0 spiro atoms. The zero-order chi connectivity index (χ0) is 27.8. The van der Waals surface area contributed by atoms with E-state index in [9.17, 15) is 9.59 Å². The van der Waals surface area contributed by atoms with E-state index in [1.807, 2.05) is 54.6 Å². The van der Waals surface area contributed by atoms with Crippen LogP contribution in [0.4, 0.5) is 0 Å². The molecule has 0 heterocycles. The van der Waals surface area contributed by atoms with Crippen LogP contribution in [0.25, 0.3) is 0 Å². The van der Waals surface area contributed by atoms with Gasteiger partial charge in [-0.25, -0.2) is 0 Å². The number of hydrogen-bond donors (Lipinski definition) is 1. The highest BCUT2D eigenvalue weighted by Crippen LogP contribution is 2.27. The number of nitrogens with one attached hydrogen (secondary N) is 1. The summed E-state index contributed by atoms with van der Waals surface area (Å²) in [5, 5.41) is 4.17. The topological polar surface area (TPSA) is 58.6 Å². The van der Waals surface area contributed by atoms with Crippen molar-refractivity contribution in [3.63, 3.8) is 0 Å². The van der Waals surface area contributed by atoms with Crippen molar-refractivity contribution in [1.82, 2.24) is 10.2 Å². The van der Waals surface area contributed by atoms with E-state index in [0.29, 0.717) is 27.8 Å². The zero-order valence-electron chi connectivity index (χ0n) is 22.5. The van der Waals surface area contributed by atoms with Crippen molar-refractivity contribution in [2.45, 2.75) is 70.5 Å². The summed E-state index contributed by atoms with van der Waals surface area (Å²) >= 11 is 12.7. The fraction of sp³-hybridized carbons (Fsp3) is 0.375. The second kappa shape index (κ2) is 13.9. The molecule has 1 aliphatic rings. The lowest BCUT2D eigenvalue weighted by atomic mass is 10.0. The number of nitrogens with zero attached hydrogens (tertiary/aromatic N) is 1. The van der Waals surface area contributed by atoms with Crippen LogP contribution < -0.4 is 10.1 Å². The molecule has 5 nitrogen and oxygen atoms in total. The van der Waals surface area contributed by atoms with Crippen molar-refractivity contribution >= 4 is 35.0 Å². The lowest BCUT2D eigenvalue weighted by Gasteiger charge is -2.32. The molecule has 1 fully saturated rings. The average molecular weight is 568 g/mol. The van der Waals surface area contributed by atoms with Gasteiger partial charge in [-0.15, -0.1) is 0 Å². The van der Waals surface area contributed by atoms with Gasteiger partial charge in [-0.3, -0.25) is 9.59 Å². The van der Waals surface area contributed by atoms with E-state index < -0.39 is 6.04 Å². The monoisotopic (exact) mass is 566 g/mol. The number of carbonyl (C=O) groups is 2. The lowest BCUT2D eigenvalue weighted by molar-refractivity contribution is -0.143. The van der Waals surface area contributed by atoms with E-state index >= 15 is 0 Å². The molecule has 0 radical (unpaired) electrons. The van der Waals surface area contributed by atoms with E-state index in [1.54, 1.807) is 23.1 Å². The molecule has 1 aliphatic carbocycles. The second-order valence-electron chi connectivity index (χ2n) is 10.4. The lowest BCUT2D eigenvalue weighted by Crippen LogP contribution is -2.53. The normalized spacial score (nSPS) is 14.3. The molecule has 0 aliphatic heterocycles. The summed E-state index contributed by atoms with van der Waals surface area (Å²) in [4.78, 5) is 29.3. The van der Waals surface area contributed by atoms with Crippen molar-refractivity contribution in [2.75, 3.05) is 6.61 Å². The van der Waals surface area contributed by atoms with Gasteiger partial charge < -0.3 is 15.0 Å². The summed E-state index contributed by atoms with van der Waals surface area (Å²) in [5.41, 5.74) is 2.70. The first kappa shape index (κ1) is 29.0. The standard InChI is InChI=1S/C32H36Cl2N2O3/c1-22(2)27-14-8-9-15-30(27)39-21-31(37)36(20-24-16-17-25(33)19-28(24)34)29(18-23-10-4-3-5-11-23)32(38)35-26-12-6-7-13-26/h3-5,8-11,14-17,19,22,26,29H,6-7,12-13,18,20-21H2,1-2H3,(H,35,38). The van der Waals surface area contributed by atoms with Crippen LogP contribution in [-0.2, 0) is 22.6 Å². The molecule has 1 N–H and O–H groups in total. The Morgan fingerprint density at radius 1 is 0.974 bits per heavy atom. The largest absolute Gasteiger partial charge is 0.483 e. The van der Waals surface area contributed by atoms with Gasteiger partial charge in [0, 0.05) is 29.1 Å². The van der Waals surface area contributed by atoms with Crippen LogP contribution >= 0.6 is 23.2 Å². The molecule has 7 heteroatoms. The van der Waals surface area contributed by atoms with Crippen molar-refractivity contribution in [2.24, 2.45) is 0 Å². The maximum absolute atomic E-state index is 13.9. The fourth-order valence-electron chi connectivity index (χ4n) is 5.07. The Morgan fingerprint density at radius 3 is 2.36 bits per heavy atom. The Labute approximate surface area is 241 Å². The molecule has 0 aromatic heterocycles. The number of ether oxygens (including phenoxy) is 1. The van der Waals surface area contributed by atoms with E-state index in [1.165, 1.54) is 0 Å². The molecule has 1 atom stereocenters. The van der Waals surface area contributed by atoms with Crippen molar-refractivity contribution < 1.29 is 14.3 Å². The molecule has 206 valence electrons. The Kier molecular flexibility index (Phi) is 10.3. The van der Waals surface area contributed by atoms with Crippen LogP contribution in [0.15, 0.2) is 72.8 Å². The third-order valence-electron chi connectivity index (χ3n) is 7.22.